The van der Waals surface area contributed by atoms with Crippen molar-refractivity contribution in [1.82, 2.24) is 25.0 Å². The fourth-order valence-corrected chi connectivity index (χ4v) is 3.47. The summed E-state index contributed by atoms with van der Waals surface area (Å²) in [6, 6.07) is 10.9. The second kappa shape index (κ2) is 11.0. The lowest BCUT2D eigenvalue weighted by atomic mass is 10.2. The maximum absolute atomic E-state index is 10.7. The SMILES string of the molecule is CNc1nnc(-c2ccncc2)s1.COc1cc(C=O)ccc1OCc1cc(C)nn1C. The minimum Gasteiger partial charge on any atom is -0.493 e. The number of nitrogens with one attached hydrogen (secondary N) is 1. The summed E-state index contributed by atoms with van der Waals surface area (Å²) >= 11 is 1.52. The molecule has 32 heavy (non-hydrogen) atoms. The van der Waals surface area contributed by atoms with Crippen LogP contribution in [0.25, 0.3) is 10.6 Å². The summed E-state index contributed by atoms with van der Waals surface area (Å²) in [6.07, 6.45) is 4.27. The van der Waals surface area contributed by atoms with Gasteiger partial charge in [-0.3, -0.25) is 14.5 Å². The summed E-state index contributed by atoms with van der Waals surface area (Å²) in [4.78, 5) is 14.6. The van der Waals surface area contributed by atoms with Crippen molar-refractivity contribution in [3.05, 3.63) is 65.7 Å². The highest BCUT2D eigenvalue weighted by Gasteiger charge is 2.08. The van der Waals surface area contributed by atoms with E-state index in [2.05, 4.69) is 25.6 Å². The largest absolute Gasteiger partial charge is 0.493 e. The van der Waals surface area contributed by atoms with Crippen molar-refractivity contribution in [2.75, 3.05) is 19.5 Å². The van der Waals surface area contributed by atoms with E-state index >= 15 is 0 Å². The first-order valence-electron chi connectivity index (χ1n) is 9.71. The van der Waals surface area contributed by atoms with Crippen LogP contribution in [0.2, 0.25) is 0 Å². The van der Waals surface area contributed by atoms with Crippen LogP contribution < -0.4 is 14.8 Å². The van der Waals surface area contributed by atoms with Gasteiger partial charge in [-0.15, -0.1) is 10.2 Å². The van der Waals surface area contributed by atoms with Gasteiger partial charge in [-0.25, -0.2) is 0 Å². The number of pyridine rings is 1. The van der Waals surface area contributed by atoms with E-state index in [1.807, 2.05) is 39.2 Å². The summed E-state index contributed by atoms with van der Waals surface area (Å²) in [5.74, 6) is 1.15. The average molecular weight is 453 g/mol. The highest BCUT2D eigenvalue weighted by molar-refractivity contribution is 7.18. The molecular weight excluding hydrogens is 428 g/mol. The van der Waals surface area contributed by atoms with Crippen molar-refractivity contribution in [3.8, 4) is 22.1 Å². The molecule has 0 spiro atoms. The van der Waals surface area contributed by atoms with Gasteiger partial charge >= 0.3 is 0 Å². The number of carbonyl (C=O) groups excluding carboxylic acids is 1. The van der Waals surface area contributed by atoms with E-state index in [1.54, 1.807) is 42.4 Å². The van der Waals surface area contributed by atoms with Crippen LogP contribution in [0.5, 0.6) is 11.5 Å². The lowest BCUT2D eigenvalue weighted by Crippen LogP contribution is -2.04. The summed E-state index contributed by atoms with van der Waals surface area (Å²) < 4.78 is 12.7. The third-order valence-electron chi connectivity index (χ3n) is 4.36. The molecule has 0 aliphatic rings. The van der Waals surface area contributed by atoms with Crippen molar-refractivity contribution < 1.29 is 14.3 Å². The highest BCUT2D eigenvalue weighted by atomic mass is 32.1. The zero-order valence-electron chi connectivity index (χ0n) is 18.3. The molecule has 0 saturated carbocycles. The summed E-state index contributed by atoms with van der Waals surface area (Å²) in [6.45, 7) is 2.33. The van der Waals surface area contributed by atoms with Crippen LogP contribution in [0, 0.1) is 6.92 Å². The molecule has 166 valence electrons. The number of ether oxygens (including phenoxy) is 2. The minimum absolute atomic E-state index is 0.397. The molecule has 4 rings (SSSR count). The Morgan fingerprint density at radius 3 is 2.50 bits per heavy atom. The van der Waals surface area contributed by atoms with Crippen LogP contribution >= 0.6 is 11.3 Å². The molecule has 0 amide bonds. The first-order chi connectivity index (χ1) is 15.5. The third kappa shape index (κ3) is 5.88. The number of rotatable bonds is 7. The van der Waals surface area contributed by atoms with Crippen molar-refractivity contribution in [1.29, 1.82) is 0 Å². The van der Waals surface area contributed by atoms with E-state index in [0.717, 1.165) is 33.4 Å². The van der Waals surface area contributed by atoms with Crippen LogP contribution in [0.15, 0.2) is 48.8 Å². The molecule has 10 heteroatoms. The fraction of sp³-hybridized carbons (Fsp3) is 0.227. The molecule has 1 N–H and O–H groups in total. The van der Waals surface area contributed by atoms with Gasteiger partial charge in [-0.1, -0.05) is 11.3 Å². The molecule has 0 fully saturated rings. The molecular formula is C22H24N6O3S. The number of anilines is 1. The Morgan fingerprint density at radius 2 is 1.91 bits per heavy atom. The molecule has 0 radical (unpaired) electrons. The van der Waals surface area contributed by atoms with Crippen LogP contribution in [-0.4, -0.2) is 45.4 Å². The predicted octanol–water partition coefficient (Wildman–Crippen LogP) is 3.77. The molecule has 1 aromatic carbocycles. The molecule has 0 saturated heterocycles. The van der Waals surface area contributed by atoms with Gasteiger partial charge in [0.2, 0.25) is 5.13 Å². The van der Waals surface area contributed by atoms with E-state index in [9.17, 15) is 4.79 Å². The van der Waals surface area contributed by atoms with Crippen LogP contribution in [0.4, 0.5) is 5.13 Å². The monoisotopic (exact) mass is 452 g/mol. The normalized spacial score (nSPS) is 10.1. The molecule has 9 nitrogen and oxygen atoms in total. The lowest BCUT2D eigenvalue weighted by molar-refractivity contribution is 0.112. The van der Waals surface area contributed by atoms with Gasteiger partial charge in [0.05, 0.1) is 18.5 Å². The smallest absolute Gasteiger partial charge is 0.205 e. The Labute approximate surface area is 190 Å². The number of methoxy groups -OCH3 is 1. The zero-order valence-corrected chi connectivity index (χ0v) is 19.1. The molecule has 0 aliphatic carbocycles. The summed E-state index contributed by atoms with van der Waals surface area (Å²) in [7, 11) is 5.25. The Balaban J connectivity index is 0.000000193. The second-order valence-electron chi connectivity index (χ2n) is 6.62. The van der Waals surface area contributed by atoms with Crippen LogP contribution in [-0.2, 0) is 13.7 Å². The number of nitrogens with zero attached hydrogens (tertiary/aromatic N) is 5. The Hall–Kier alpha value is -3.79. The third-order valence-corrected chi connectivity index (χ3v) is 5.35. The number of aldehydes is 1. The number of hydrogen-bond acceptors (Lipinski definition) is 9. The van der Waals surface area contributed by atoms with Gasteiger partial charge in [-0.2, -0.15) is 5.10 Å². The highest BCUT2D eigenvalue weighted by Crippen LogP contribution is 2.28. The zero-order chi connectivity index (χ0) is 22.9. The molecule has 0 aliphatic heterocycles. The van der Waals surface area contributed by atoms with Gasteiger partial charge in [0.1, 0.15) is 17.9 Å². The van der Waals surface area contributed by atoms with E-state index in [1.165, 1.54) is 11.3 Å². The second-order valence-corrected chi connectivity index (χ2v) is 7.59. The lowest BCUT2D eigenvalue weighted by Gasteiger charge is -2.11. The quantitative estimate of drug-likeness (QED) is 0.423. The van der Waals surface area contributed by atoms with Gasteiger partial charge in [0.25, 0.3) is 0 Å². The van der Waals surface area contributed by atoms with Crippen molar-refractivity contribution in [3.63, 3.8) is 0 Å². The van der Waals surface area contributed by atoms with E-state index in [-0.39, 0.29) is 0 Å². The molecule has 0 unspecified atom stereocenters. The number of aryl methyl sites for hydroxylation is 2. The molecule has 3 aromatic heterocycles. The first-order valence-corrected chi connectivity index (χ1v) is 10.5. The van der Waals surface area contributed by atoms with Gasteiger partial charge in [0.15, 0.2) is 11.5 Å². The Kier molecular flexibility index (Phi) is 7.87. The maximum Gasteiger partial charge on any atom is 0.205 e. The predicted molar refractivity (Wildman–Crippen MR) is 123 cm³/mol. The van der Waals surface area contributed by atoms with E-state index in [4.69, 9.17) is 9.47 Å². The van der Waals surface area contributed by atoms with Crippen molar-refractivity contribution >= 4 is 22.8 Å². The Morgan fingerprint density at radius 1 is 1.12 bits per heavy atom. The molecule has 3 heterocycles. The van der Waals surface area contributed by atoms with Gasteiger partial charge in [0, 0.05) is 37.6 Å². The standard InChI is InChI=1S/C14H16N2O3.C8H8N4S/c1-10-6-12(16(2)15-10)9-19-13-5-4-11(8-17)7-14(13)18-3;1-9-8-12-11-7(13-8)6-2-4-10-5-3-6/h4-8H,9H2,1-3H3;2-5H,1H3,(H,9,12). The van der Waals surface area contributed by atoms with Gasteiger partial charge in [-0.05, 0) is 43.3 Å². The maximum atomic E-state index is 10.7. The summed E-state index contributed by atoms with van der Waals surface area (Å²) in [5, 5.41) is 16.9. The van der Waals surface area contributed by atoms with Crippen LogP contribution in [0.3, 0.4) is 0 Å². The number of hydrogen-bond donors (Lipinski definition) is 1. The molecule has 0 bridgehead atoms. The summed E-state index contributed by atoms with van der Waals surface area (Å²) in [5.41, 5.74) is 3.53. The first kappa shape index (κ1) is 22.9. The topological polar surface area (TPSA) is 104 Å². The van der Waals surface area contributed by atoms with E-state index < -0.39 is 0 Å². The Bertz CT molecular complexity index is 1160. The van der Waals surface area contributed by atoms with Crippen molar-refractivity contribution in [2.45, 2.75) is 13.5 Å². The van der Waals surface area contributed by atoms with E-state index in [0.29, 0.717) is 23.7 Å². The van der Waals surface area contributed by atoms with Crippen LogP contribution in [0.1, 0.15) is 21.7 Å². The molecule has 4 aromatic rings. The van der Waals surface area contributed by atoms with Gasteiger partial charge < -0.3 is 14.8 Å². The number of carbonyl (C=O) groups is 1. The van der Waals surface area contributed by atoms with Crippen molar-refractivity contribution in [2.24, 2.45) is 7.05 Å². The average Bonchev–Trinajstić information content (AvgIpc) is 3.44. The molecule has 0 atom stereocenters. The fourth-order valence-electron chi connectivity index (χ4n) is 2.76. The number of benzene rings is 1. The minimum atomic E-state index is 0.397. The number of aromatic nitrogens is 5.